The molecule has 0 aromatic carbocycles. The van der Waals surface area contributed by atoms with Crippen molar-refractivity contribution in [3.8, 4) is 23.7 Å². The van der Waals surface area contributed by atoms with Crippen molar-refractivity contribution < 1.29 is 18.7 Å². The minimum atomic E-state index is -2.03. The maximum atomic E-state index is 12.4. The number of carbonyl (C=O) groups excluding carboxylic acids is 1. The molecule has 0 spiro atoms. The molecule has 2 aliphatic carbocycles. The molecule has 0 aromatic rings. The van der Waals surface area contributed by atoms with E-state index in [4.69, 9.17) is 13.9 Å². The molecular weight excluding hydrogens is 356 g/mol. The van der Waals surface area contributed by atoms with E-state index in [1.54, 1.807) is 19.3 Å². The monoisotopic (exact) mass is 386 g/mol. The number of hydrogen-bond acceptors (Lipinski definition) is 4. The molecule has 0 aliphatic heterocycles. The number of carbonyl (C=O) groups is 1. The molecule has 4 atom stereocenters. The SMILES string of the molecule is COC(=O)[C@@H]1[C@H]2C#C/C=C\C#C[C@H](O[Si](C)(C)C(C)(C)C)C(=C[C@H]1OC)C2. The van der Waals surface area contributed by atoms with E-state index in [9.17, 15) is 4.79 Å². The number of esters is 1. The smallest absolute Gasteiger partial charge is 0.312 e. The zero-order chi connectivity index (χ0) is 20.2. The number of fused-ring (bicyclic) bond motifs is 2. The Hall–Kier alpha value is -1.79. The molecule has 0 heterocycles. The van der Waals surface area contributed by atoms with Gasteiger partial charge in [-0.15, -0.1) is 0 Å². The van der Waals surface area contributed by atoms with Gasteiger partial charge < -0.3 is 13.9 Å². The molecule has 2 rings (SSSR count). The molecule has 0 saturated carbocycles. The molecule has 146 valence electrons. The maximum Gasteiger partial charge on any atom is 0.312 e. The summed E-state index contributed by atoms with van der Waals surface area (Å²) in [6, 6.07) is 0. The number of hydrogen-bond donors (Lipinski definition) is 0. The average Bonchev–Trinajstić information content (AvgIpc) is 2.60. The minimum absolute atomic E-state index is 0.0729. The summed E-state index contributed by atoms with van der Waals surface area (Å²) in [6.07, 6.45) is 5.32. The second-order valence-electron chi connectivity index (χ2n) is 8.47. The van der Waals surface area contributed by atoms with Crippen LogP contribution in [0.1, 0.15) is 27.2 Å². The van der Waals surface area contributed by atoms with Gasteiger partial charge in [-0.05, 0) is 42.3 Å². The lowest BCUT2D eigenvalue weighted by atomic mass is 9.76. The summed E-state index contributed by atoms with van der Waals surface area (Å²) in [5.41, 5.74) is 1.04. The van der Waals surface area contributed by atoms with Gasteiger partial charge in [0.15, 0.2) is 8.32 Å². The van der Waals surface area contributed by atoms with Gasteiger partial charge in [-0.1, -0.05) is 50.5 Å². The highest BCUT2D eigenvalue weighted by Gasteiger charge is 2.43. The van der Waals surface area contributed by atoms with Crippen molar-refractivity contribution in [1.29, 1.82) is 0 Å². The van der Waals surface area contributed by atoms with E-state index < -0.39 is 20.3 Å². The van der Waals surface area contributed by atoms with Crippen LogP contribution in [0.25, 0.3) is 0 Å². The number of ether oxygens (including phenoxy) is 2. The second-order valence-corrected chi connectivity index (χ2v) is 13.2. The van der Waals surface area contributed by atoms with E-state index in [-0.39, 0.29) is 23.0 Å². The second kappa shape index (κ2) is 8.48. The fourth-order valence-electron chi connectivity index (χ4n) is 3.01. The van der Waals surface area contributed by atoms with E-state index in [1.807, 2.05) is 6.08 Å². The highest BCUT2D eigenvalue weighted by Crippen LogP contribution is 2.40. The Morgan fingerprint density at radius 1 is 1.15 bits per heavy atom. The summed E-state index contributed by atoms with van der Waals surface area (Å²) in [7, 11) is 0.972. The molecule has 27 heavy (non-hydrogen) atoms. The third kappa shape index (κ3) is 4.93. The molecule has 0 N–H and O–H groups in total. The molecule has 0 unspecified atom stereocenters. The summed E-state index contributed by atoms with van der Waals surface area (Å²) in [5, 5.41) is 0.0729. The van der Waals surface area contributed by atoms with Gasteiger partial charge in [-0.25, -0.2) is 0 Å². The van der Waals surface area contributed by atoms with Gasteiger partial charge in [0, 0.05) is 13.0 Å². The van der Waals surface area contributed by atoms with Gasteiger partial charge in [0.1, 0.15) is 12.0 Å². The van der Waals surface area contributed by atoms with Crippen LogP contribution in [-0.2, 0) is 18.7 Å². The van der Waals surface area contributed by atoms with Gasteiger partial charge in [0.05, 0.1) is 13.2 Å². The number of methoxy groups -OCH3 is 2. The molecular formula is C22H30O4Si. The van der Waals surface area contributed by atoms with E-state index in [2.05, 4.69) is 57.5 Å². The largest absolute Gasteiger partial charge is 0.469 e. The van der Waals surface area contributed by atoms with E-state index in [1.165, 1.54) is 7.11 Å². The van der Waals surface area contributed by atoms with Crippen LogP contribution < -0.4 is 0 Å². The summed E-state index contributed by atoms with van der Waals surface area (Å²) in [4.78, 5) is 12.4. The number of rotatable bonds is 4. The van der Waals surface area contributed by atoms with Crippen LogP contribution in [0.4, 0.5) is 0 Å². The predicted octanol–water partition coefficient (Wildman–Crippen LogP) is 3.70. The van der Waals surface area contributed by atoms with Crippen LogP contribution in [0.3, 0.4) is 0 Å². The molecule has 0 fully saturated rings. The van der Waals surface area contributed by atoms with Crippen molar-refractivity contribution in [1.82, 2.24) is 0 Å². The predicted molar refractivity (Wildman–Crippen MR) is 109 cm³/mol. The first-order chi connectivity index (χ1) is 12.6. The summed E-state index contributed by atoms with van der Waals surface area (Å²) in [5.74, 6) is 11.5. The van der Waals surface area contributed by atoms with Crippen LogP contribution >= 0.6 is 0 Å². The Bertz CT molecular complexity index is 749. The van der Waals surface area contributed by atoms with E-state index in [0.717, 1.165) is 5.57 Å². The zero-order valence-electron chi connectivity index (χ0n) is 17.4. The topological polar surface area (TPSA) is 44.8 Å². The molecule has 2 bridgehead atoms. The summed E-state index contributed by atoms with van der Waals surface area (Å²) < 4.78 is 17.2. The van der Waals surface area contributed by atoms with Crippen LogP contribution in [0.15, 0.2) is 23.8 Å². The fraction of sp³-hybridized carbons (Fsp3) is 0.591. The Balaban J connectivity index is 2.48. The highest BCUT2D eigenvalue weighted by molar-refractivity contribution is 6.74. The molecule has 0 amide bonds. The van der Waals surface area contributed by atoms with Crippen LogP contribution in [0.5, 0.6) is 0 Å². The van der Waals surface area contributed by atoms with Gasteiger partial charge in [-0.3, -0.25) is 4.79 Å². The van der Waals surface area contributed by atoms with Gasteiger partial charge in [-0.2, -0.15) is 0 Å². The van der Waals surface area contributed by atoms with Crippen molar-refractivity contribution in [2.24, 2.45) is 11.8 Å². The Morgan fingerprint density at radius 3 is 2.33 bits per heavy atom. The highest BCUT2D eigenvalue weighted by atomic mass is 28.4. The first-order valence-corrected chi connectivity index (χ1v) is 12.2. The first kappa shape index (κ1) is 21.5. The number of allylic oxidation sites excluding steroid dienone is 2. The molecule has 0 saturated heterocycles. The maximum absolute atomic E-state index is 12.4. The molecule has 0 aromatic heterocycles. The molecule has 2 aliphatic rings. The van der Waals surface area contributed by atoms with Crippen LogP contribution in [0.2, 0.25) is 18.1 Å². The summed E-state index contributed by atoms with van der Waals surface area (Å²) in [6.45, 7) is 11.1. The lowest BCUT2D eigenvalue weighted by Gasteiger charge is -2.40. The van der Waals surface area contributed by atoms with Gasteiger partial charge in [0.2, 0.25) is 0 Å². The average molecular weight is 387 g/mol. The van der Waals surface area contributed by atoms with Gasteiger partial charge in [0.25, 0.3) is 0 Å². The van der Waals surface area contributed by atoms with E-state index >= 15 is 0 Å². The van der Waals surface area contributed by atoms with Crippen LogP contribution in [0, 0.1) is 35.5 Å². The summed E-state index contributed by atoms with van der Waals surface area (Å²) >= 11 is 0. The van der Waals surface area contributed by atoms with Crippen molar-refractivity contribution in [2.45, 2.75) is 57.5 Å². The standard InChI is InChI=1S/C22H30O4Si/c1-22(2,3)27(6,7)26-18-13-11-9-8-10-12-16-14-17(18)15-19(24-4)20(16)21(23)25-5/h8-9,15-16,18-20H,14H2,1-7H3/b9-8-/t16-,18-,19+,20+/m0/s1. The van der Waals surface area contributed by atoms with Crippen molar-refractivity contribution in [3.05, 3.63) is 23.8 Å². The van der Waals surface area contributed by atoms with Crippen LogP contribution in [-0.4, -0.2) is 40.7 Å². The third-order valence-electron chi connectivity index (χ3n) is 5.66. The first-order valence-electron chi connectivity index (χ1n) is 9.27. The normalized spacial score (nSPS) is 28.6. The van der Waals surface area contributed by atoms with Crippen molar-refractivity contribution in [2.75, 3.05) is 14.2 Å². The Kier molecular flexibility index (Phi) is 6.76. The fourth-order valence-corrected chi connectivity index (χ4v) is 4.16. The van der Waals surface area contributed by atoms with Gasteiger partial charge >= 0.3 is 5.97 Å². The lowest BCUT2D eigenvalue weighted by molar-refractivity contribution is -0.151. The quantitative estimate of drug-likeness (QED) is 0.320. The molecule has 5 heteroatoms. The minimum Gasteiger partial charge on any atom is -0.469 e. The zero-order valence-corrected chi connectivity index (χ0v) is 18.4. The molecule has 4 nitrogen and oxygen atoms in total. The Morgan fingerprint density at radius 2 is 1.78 bits per heavy atom. The third-order valence-corrected chi connectivity index (χ3v) is 10.1. The lowest BCUT2D eigenvalue weighted by Crippen LogP contribution is -2.46. The van der Waals surface area contributed by atoms with Crippen molar-refractivity contribution in [3.63, 3.8) is 0 Å². The van der Waals surface area contributed by atoms with E-state index in [0.29, 0.717) is 6.42 Å². The van der Waals surface area contributed by atoms with Crippen molar-refractivity contribution >= 4 is 14.3 Å². The molecule has 0 radical (unpaired) electrons. The Labute approximate surface area is 164 Å².